The Kier molecular flexibility index (Phi) is 3.60. The van der Waals surface area contributed by atoms with Crippen molar-refractivity contribution in [2.75, 3.05) is 0 Å². The number of aryl methyl sites for hydroxylation is 1. The fourth-order valence-electron chi connectivity index (χ4n) is 2.99. The number of Topliss-reactive ketones (excluding diaryl/α,β-unsaturated/α-hetero) is 1. The first-order chi connectivity index (χ1) is 10.1. The van der Waals surface area contributed by atoms with Crippen LogP contribution in [0.25, 0.3) is 0 Å². The van der Waals surface area contributed by atoms with Crippen LogP contribution in [0.15, 0.2) is 54.6 Å². The molecule has 21 heavy (non-hydrogen) atoms. The van der Waals surface area contributed by atoms with Crippen molar-refractivity contribution in [1.29, 1.82) is 0 Å². The standard InChI is InChI=1S/C18H17FO2/c19-18(16(20)14-8-2-1-3-9-14)12-6-10-13-7-4-5-11-15(13)17(18)21/h1-5,7-9,11,16,20H,6,10,12H2/t16-,18+/m0/s1. The van der Waals surface area contributed by atoms with Crippen molar-refractivity contribution >= 4 is 5.78 Å². The van der Waals surface area contributed by atoms with E-state index in [1.165, 1.54) is 0 Å². The summed E-state index contributed by atoms with van der Waals surface area (Å²) in [7, 11) is 0. The minimum absolute atomic E-state index is 0.0383. The topological polar surface area (TPSA) is 37.3 Å². The van der Waals surface area contributed by atoms with Crippen LogP contribution in [0.1, 0.15) is 40.4 Å². The van der Waals surface area contributed by atoms with Gasteiger partial charge in [-0.15, -0.1) is 0 Å². The number of carbonyl (C=O) groups excluding carboxylic acids is 1. The highest BCUT2D eigenvalue weighted by Crippen LogP contribution is 2.39. The predicted octanol–water partition coefficient (Wildman–Crippen LogP) is 3.65. The van der Waals surface area contributed by atoms with Gasteiger partial charge in [0.05, 0.1) is 0 Å². The molecule has 1 aliphatic carbocycles. The molecule has 0 aliphatic heterocycles. The van der Waals surface area contributed by atoms with Crippen molar-refractivity contribution in [1.82, 2.24) is 0 Å². The molecule has 0 aromatic heterocycles. The first-order valence-corrected chi connectivity index (χ1v) is 7.17. The largest absolute Gasteiger partial charge is 0.385 e. The smallest absolute Gasteiger partial charge is 0.203 e. The quantitative estimate of drug-likeness (QED) is 0.855. The van der Waals surface area contributed by atoms with Crippen LogP contribution in [-0.2, 0) is 6.42 Å². The van der Waals surface area contributed by atoms with Gasteiger partial charge in [-0.3, -0.25) is 4.79 Å². The van der Waals surface area contributed by atoms with Gasteiger partial charge in [-0.05, 0) is 30.4 Å². The highest BCUT2D eigenvalue weighted by molar-refractivity contribution is 6.04. The average molecular weight is 284 g/mol. The van der Waals surface area contributed by atoms with E-state index in [2.05, 4.69) is 0 Å². The molecule has 108 valence electrons. The number of fused-ring (bicyclic) bond motifs is 1. The number of hydrogen-bond donors (Lipinski definition) is 1. The molecule has 3 heteroatoms. The summed E-state index contributed by atoms with van der Waals surface area (Å²) in [6.07, 6.45) is -0.188. The molecule has 0 radical (unpaired) electrons. The Morgan fingerprint density at radius 3 is 2.48 bits per heavy atom. The van der Waals surface area contributed by atoms with E-state index in [1.807, 2.05) is 12.1 Å². The van der Waals surface area contributed by atoms with Crippen molar-refractivity contribution in [3.8, 4) is 0 Å². The van der Waals surface area contributed by atoms with Crippen LogP contribution < -0.4 is 0 Å². The third kappa shape index (κ3) is 2.38. The molecule has 0 fully saturated rings. The molecule has 0 heterocycles. The number of rotatable bonds is 2. The van der Waals surface area contributed by atoms with E-state index in [0.717, 1.165) is 5.56 Å². The monoisotopic (exact) mass is 284 g/mol. The first-order valence-electron chi connectivity index (χ1n) is 7.17. The lowest BCUT2D eigenvalue weighted by molar-refractivity contribution is -0.00431. The fourth-order valence-corrected chi connectivity index (χ4v) is 2.99. The number of benzene rings is 2. The molecule has 0 saturated carbocycles. The highest BCUT2D eigenvalue weighted by atomic mass is 19.1. The highest BCUT2D eigenvalue weighted by Gasteiger charge is 2.47. The van der Waals surface area contributed by atoms with Gasteiger partial charge < -0.3 is 5.11 Å². The normalized spacial score (nSPS) is 23.2. The van der Waals surface area contributed by atoms with E-state index in [0.29, 0.717) is 24.0 Å². The van der Waals surface area contributed by atoms with Crippen LogP contribution >= 0.6 is 0 Å². The second kappa shape index (κ2) is 5.41. The number of aliphatic hydroxyl groups excluding tert-OH is 1. The molecule has 1 N–H and O–H groups in total. The second-order valence-electron chi connectivity index (χ2n) is 5.52. The minimum Gasteiger partial charge on any atom is -0.385 e. The molecule has 3 rings (SSSR count). The lowest BCUT2D eigenvalue weighted by Gasteiger charge is -2.28. The van der Waals surface area contributed by atoms with Crippen LogP contribution in [0.2, 0.25) is 0 Å². The Hall–Kier alpha value is -2.00. The van der Waals surface area contributed by atoms with Gasteiger partial charge in [-0.25, -0.2) is 4.39 Å². The molecule has 2 aromatic rings. The summed E-state index contributed by atoms with van der Waals surface area (Å²) in [5, 5.41) is 10.4. The molecule has 0 saturated heterocycles. The lowest BCUT2D eigenvalue weighted by atomic mass is 9.84. The van der Waals surface area contributed by atoms with Crippen LogP contribution in [0.3, 0.4) is 0 Å². The van der Waals surface area contributed by atoms with Crippen molar-refractivity contribution in [3.05, 3.63) is 71.3 Å². The van der Waals surface area contributed by atoms with Gasteiger partial charge in [0.15, 0.2) is 0 Å². The van der Waals surface area contributed by atoms with E-state index >= 15 is 4.39 Å². The predicted molar refractivity (Wildman–Crippen MR) is 79.0 cm³/mol. The number of hydrogen-bond acceptors (Lipinski definition) is 2. The Morgan fingerprint density at radius 1 is 1.05 bits per heavy atom. The fraction of sp³-hybridized carbons (Fsp3) is 0.278. The van der Waals surface area contributed by atoms with Gasteiger partial charge in [0, 0.05) is 5.56 Å². The second-order valence-corrected chi connectivity index (χ2v) is 5.52. The van der Waals surface area contributed by atoms with Gasteiger partial charge in [0.1, 0.15) is 6.10 Å². The summed E-state index contributed by atoms with van der Waals surface area (Å²) >= 11 is 0. The zero-order valence-electron chi connectivity index (χ0n) is 11.6. The molecular formula is C18H17FO2. The van der Waals surface area contributed by atoms with Gasteiger partial charge in [0.25, 0.3) is 0 Å². The summed E-state index contributed by atoms with van der Waals surface area (Å²) in [4.78, 5) is 12.6. The van der Waals surface area contributed by atoms with Crippen LogP contribution in [-0.4, -0.2) is 16.6 Å². The summed E-state index contributed by atoms with van der Waals surface area (Å²) in [5.74, 6) is -0.605. The molecular weight excluding hydrogens is 267 g/mol. The van der Waals surface area contributed by atoms with Crippen molar-refractivity contribution < 1.29 is 14.3 Å². The Labute approximate surface area is 123 Å². The maximum absolute atomic E-state index is 15.4. The Morgan fingerprint density at radius 2 is 1.71 bits per heavy atom. The van der Waals surface area contributed by atoms with E-state index in [-0.39, 0.29) is 6.42 Å². The van der Waals surface area contributed by atoms with Gasteiger partial charge >= 0.3 is 0 Å². The summed E-state index contributed by atoms with van der Waals surface area (Å²) < 4.78 is 15.4. The zero-order valence-corrected chi connectivity index (χ0v) is 11.6. The van der Waals surface area contributed by atoms with Gasteiger partial charge in [-0.1, -0.05) is 54.6 Å². The van der Waals surface area contributed by atoms with Gasteiger partial charge in [0.2, 0.25) is 11.5 Å². The summed E-state index contributed by atoms with van der Waals surface area (Å²) in [6.45, 7) is 0. The molecule has 0 amide bonds. The van der Waals surface area contributed by atoms with Crippen molar-refractivity contribution in [2.24, 2.45) is 0 Å². The SMILES string of the molecule is O=C1c2ccccc2CCC[C@@]1(F)[C@@H](O)c1ccccc1. The van der Waals surface area contributed by atoms with Crippen LogP contribution in [0, 0.1) is 0 Å². The third-order valence-electron chi connectivity index (χ3n) is 4.17. The van der Waals surface area contributed by atoms with Crippen molar-refractivity contribution in [2.45, 2.75) is 31.0 Å². The molecule has 0 spiro atoms. The molecule has 2 aromatic carbocycles. The minimum atomic E-state index is -2.26. The molecule has 0 bridgehead atoms. The molecule has 1 aliphatic rings. The van der Waals surface area contributed by atoms with Gasteiger partial charge in [-0.2, -0.15) is 0 Å². The van der Waals surface area contributed by atoms with E-state index in [9.17, 15) is 9.90 Å². The summed E-state index contributed by atoms with van der Waals surface area (Å²) in [6, 6.07) is 15.6. The maximum Gasteiger partial charge on any atom is 0.203 e. The Balaban J connectivity index is 2.03. The zero-order chi connectivity index (χ0) is 14.9. The number of carbonyl (C=O) groups is 1. The lowest BCUT2D eigenvalue weighted by Crippen LogP contribution is -2.40. The maximum atomic E-state index is 15.4. The number of alkyl halides is 1. The van der Waals surface area contributed by atoms with E-state index in [4.69, 9.17) is 0 Å². The van der Waals surface area contributed by atoms with Crippen LogP contribution in [0.4, 0.5) is 4.39 Å². The van der Waals surface area contributed by atoms with Crippen molar-refractivity contribution in [3.63, 3.8) is 0 Å². The first kappa shape index (κ1) is 14.0. The molecule has 2 atom stereocenters. The Bertz CT molecular complexity index is 653. The number of ketones is 1. The number of halogens is 1. The third-order valence-corrected chi connectivity index (χ3v) is 4.17. The average Bonchev–Trinajstić information content (AvgIpc) is 2.66. The van der Waals surface area contributed by atoms with E-state index in [1.54, 1.807) is 42.5 Å². The molecule has 0 unspecified atom stereocenters. The molecule has 2 nitrogen and oxygen atoms in total. The van der Waals surface area contributed by atoms with E-state index < -0.39 is 17.6 Å². The van der Waals surface area contributed by atoms with Crippen LogP contribution in [0.5, 0.6) is 0 Å². The number of aliphatic hydroxyl groups is 1. The summed E-state index contributed by atoms with van der Waals surface area (Å²) in [5.41, 5.74) is -0.559.